The zero-order chi connectivity index (χ0) is 13.3. The molecule has 0 saturated heterocycles. The van der Waals surface area contributed by atoms with Crippen molar-refractivity contribution in [2.24, 2.45) is 10.7 Å². The van der Waals surface area contributed by atoms with Crippen molar-refractivity contribution in [1.29, 1.82) is 0 Å². The van der Waals surface area contributed by atoms with E-state index in [1.807, 2.05) is 12.1 Å². The minimum atomic E-state index is -0.299. The number of para-hydroxylation sites is 1. The molecule has 1 unspecified atom stereocenters. The number of nitrogens with one attached hydrogen (secondary N) is 1. The highest BCUT2D eigenvalue weighted by molar-refractivity contribution is 5.93. The summed E-state index contributed by atoms with van der Waals surface area (Å²) in [5, 5.41) is 3.51. The SMILES string of the molecule is CCC1(C2=NC[C@H](CCN)N2)Cc2ccccc2O1. The normalized spacial score (nSPS) is 28.5. The molecule has 1 aromatic rings. The average molecular weight is 259 g/mol. The minimum Gasteiger partial charge on any atom is -0.479 e. The maximum atomic E-state index is 6.23. The Hall–Kier alpha value is -1.55. The van der Waals surface area contributed by atoms with Crippen LogP contribution >= 0.6 is 0 Å². The molecule has 2 aliphatic rings. The molecule has 0 radical (unpaired) electrons. The molecule has 0 spiro atoms. The molecule has 0 aliphatic carbocycles. The average Bonchev–Trinajstić information content (AvgIpc) is 3.03. The maximum absolute atomic E-state index is 6.23. The van der Waals surface area contributed by atoms with Crippen LogP contribution < -0.4 is 15.8 Å². The first-order valence-electron chi connectivity index (χ1n) is 7.06. The summed E-state index contributed by atoms with van der Waals surface area (Å²) in [5.74, 6) is 2.00. The fraction of sp³-hybridized carbons (Fsp3) is 0.533. The van der Waals surface area contributed by atoms with E-state index in [1.54, 1.807) is 0 Å². The summed E-state index contributed by atoms with van der Waals surface area (Å²) < 4.78 is 6.23. The van der Waals surface area contributed by atoms with Crippen LogP contribution in [0.15, 0.2) is 29.3 Å². The number of ether oxygens (including phenoxy) is 1. The van der Waals surface area contributed by atoms with Gasteiger partial charge in [0.05, 0.1) is 6.54 Å². The Balaban J connectivity index is 1.80. The molecular weight excluding hydrogens is 238 g/mol. The lowest BCUT2D eigenvalue weighted by atomic mass is 9.93. The zero-order valence-corrected chi connectivity index (χ0v) is 11.4. The van der Waals surface area contributed by atoms with Crippen LogP contribution in [-0.2, 0) is 6.42 Å². The first kappa shape index (κ1) is 12.5. The van der Waals surface area contributed by atoms with Crippen LogP contribution in [-0.4, -0.2) is 30.6 Å². The second kappa shape index (κ2) is 4.85. The molecule has 2 heterocycles. The summed E-state index contributed by atoms with van der Waals surface area (Å²) in [6, 6.07) is 8.63. The number of hydrogen-bond donors (Lipinski definition) is 2. The molecule has 4 heteroatoms. The fourth-order valence-corrected chi connectivity index (χ4v) is 2.93. The standard InChI is InChI=1S/C15H21N3O/c1-2-15(14-17-10-12(18-14)7-8-16)9-11-5-3-4-6-13(11)19-15/h3-6,12H,2,7-10,16H2,1H3,(H,17,18)/t12-,15?/m0/s1. The lowest BCUT2D eigenvalue weighted by molar-refractivity contribution is 0.161. The number of fused-ring (bicyclic) bond motifs is 1. The van der Waals surface area contributed by atoms with Crippen LogP contribution in [0.5, 0.6) is 5.75 Å². The predicted octanol–water partition coefficient (Wildman–Crippen LogP) is 1.49. The Labute approximate surface area is 114 Å². The van der Waals surface area contributed by atoms with Gasteiger partial charge in [-0.3, -0.25) is 4.99 Å². The molecule has 0 fully saturated rings. The molecule has 0 aromatic heterocycles. The number of hydrogen-bond acceptors (Lipinski definition) is 4. The van der Waals surface area contributed by atoms with Crippen LogP contribution in [0.3, 0.4) is 0 Å². The highest BCUT2D eigenvalue weighted by Crippen LogP contribution is 2.38. The van der Waals surface area contributed by atoms with Gasteiger partial charge < -0.3 is 15.8 Å². The smallest absolute Gasteiger partial charge is 0.169 e. The van der Waals surface area contributed by atoms with Gasteiger partial charge in [0.15, 0.2) is 5.60 Å². The molecule has 4 nitrogen and oxygen atoms in total. The summed E-state index contributed by atoms with van der Waals surface area (Å²) in [5.41, 5.74) is 6.60. The van der Waals surface area contributed by atoms with E-state index in [-0.39, 0.29) is 5.60 Å². The summed E-state index contributed by atoms with van der Waals surface area (Å²) in [6.45, 7) is 3.67. The van der Waals surface area contributed by atoms with Gasteiger partial charge in [0, 0.05) is 12.5 Å². The molecule has 3 rings (SSSR count). The van der Waals surface area contributed by atoms with E-state index >= 15 is 0 Å². The van der Waals surface area contributed by atoms with Crippen molar-refractivity contribution in [2.45, 2.75) is 37.8 Å². The molecule has 0 bridgehead atoms. The number of rotatable bonds is 4. The third-order valence-corrected chi connectivity index (χ3v) is 4.08. The molecule has 0 saturated carbocycles. The van der Waals surface area contributed by atoms with Crippen molar-refractivity contribution in [3.05, 3.63) is 29.8 Å². The molecule has 102 valence electrons. The van der Waals surface area contributed by atoms with Crippen LogP contribution in [0.1, 0.15) is 25.3 Å². The molecule has 19 heavy (non-hydrogen) atoms. The van der Waals surface area contributed by atoms with E-state index in [4.69, 9.17) is 10.5 Å². The molecule has 2 aliphatic heterocycles. The second-order valence-corrected chi connectivity index (χ2v) is 5.34. The maximum Gasteiger partial charge on any atom is 0.169 e. The highest BCUT2D eigenvalue weighted by Gasteiger charge is 2.44. The van der Waals surface area contributed by atoms with Crippen LogP contribution in [0.25, 0.3) is 0 Å². The van der Waals surface area contributed by atoms with Gasteiger partial charge in [-0.15, -0.1) is 0 Å². The Bertz CT molecular complexity index is 473. The minimum absolute atomic E-state index is 0.299. The van der Waals surface area contributed by atoms with Gasteiger partial charge in [0.25, 0.3) is 0 Å². The number of benzene rings is 1. The molecule has 2 atom stereocenters. The molecule has 3 N–H and O–H groups in total. The fourth-order valence-electron chi connectivity index (χ4n) is 2.93. The van der Waals surface area contributed by atoms with Gasteiger partial charge in [-0.2, -0.15) is 0 Å². The third kappa shape index (κ3) is 2.10. The van der Waals surface area contributed by atoms with Crippen LogP contribution in [0.2, 0.25) is 0 Å². The van der Waals surface area contributed by atoms with Gasteiger partial charge >= 0.3 is 0 Å². The predicted molar refractivity (Wildman–Crippen MR) is 76.7 cm³/mol. The lowest BCUT2D eigenvalue weighted by Crippen LogP contribution is -2.50. The van der Waals surface area contributed by atoms with Crippen molar-refractivity contribution >= 4 is 5.84 Å². The van der Waals surface area contributed by atoms with Crippen LogP contribution in [0.4, 0.5) is 0 Å². The van der Waals surface area contributed by atoms with Gasteiger partial charge in [0.1, 0.15) is 11.6 Å². The van der Waals surface area contributed by atoms with E-state index < -0.39 is 0 Å². The van der Waals surface area contributed by atoms with E-state index in [0.717, 1.165) is 37.4 Å². The monoisotopic (exact) mass is 259 g/mol. The molecular formula is C15H21N3O. The molecule has 1 aromatic carbocycles. The first-order valence-corrected chi connectivity index (χ1v) is 7.06. The summed E-state index contributed by atoms with van der Waals surface area (Å²) >= 11 is 0. The van der Waals surface area contributed by atoms with Gasteiger partial charge in [-0.25, -0.2) is 0 Å². The van der Waals surface area contributed by atoms with Crippen molar-refractivity contribution < 1.29 is 4.74 Å². The summed E-state index contributed by atoms with van der Waals surface area (Å²) in [6.07, 6.45) is 2.78. The topological polar surface area (TPSA) is 59.6 Å². The largest absolute Gasteiger partial charge is 0.479 e. The number of nitrogens with zero attached hydrogens (tertiary/aromatic N) is 1. The Morgan fingerprint density at radius 1 is 1.47 bits per heavy atom. The third-order valence-electron chi connectivity index (χ3n) is 4.08. The van der Waals surface area contributed by atoms with Crippen molar-refractivity contribution in [3.8, 4) is 5.75 Å². The van der Waals surface area contributed by atoms with Crippen LogP contribution in [0, 0.1) is 0 Å². The molecule has 0 amide bonds. The number of nitrogens with two attached hydrogens (primary N) is 1. The summed E-state index contributed by atoms with van der Waals surface area (Å²) in [7, 11) is 0. The second-order valence-electron chi connectivity index (χ2n) is 5.34. The van der Waals surface area contributed by atoms with Crippen molar-refractivity contribution in [1.82, 2.24) is 5.32 Å². The Morgan fingerprint density at radius 2 is 2.32 bits per heavy atom. The van der Waals surface area contributed by atoms with Crippen molar-refractivity contribution in [3.63, 3.8) is 0 Å². The van der Waals surface area contributed by atoms with Gasteiger partial charge in [-0.1, -0.05) is 25.1 Å². The summed E-state index contributed by atoms with van der Waals surface area (Å²) in [4.78, 5) is 4.67. The van der Waals surface area contributed by atoms with Crippen molar-refractivity contribution in [2.75, 3.05) is 13.1 Å². The lowest BCUT2D eigenvalue weighted by Gasteiger charge is -2.28. The quantitative estimate of drug-likeness (QED) is 0.861. The van der Waals surface area contributed by atoms with E-state index in [2.05, 4.69) is 29.4 Å². The van der Waals surface area contributed by atoms with E-state index in [9.17, 15) is 0 Å². The van der Waals surface area contributed by atoms with Gasteiger partial charge in [0.2, 0.25) is 0 Å². The van der Waals surface area contributed by atoms with E-state index in [1.165, 1.54) is 5.56 Å². The highest BCUT2D eigenvalue weighted by atomic mass is 16.5. The van der Waals surface area contributed by atoms with Gasteiger partial charge in [-0.05, 0) is 31.0 Å². The zero-order valence-electron chi connectivity index (χ0n) is 11.4. The number of amidine groups is 1. The Kier molecular flexibility index (Phi) is 3.19. The first-order chi connectivity index (χ1) is 9.27. The number of aliphatic imine (C=N–C) groups is 1. The van der Waals surface area contributed by atoms with E-state index in [0.29, 0.717) is 12.6 Å². The Morgan fingerprint density at radius 3 is 3.05 bits per heavy atom.